The third kappa shape index (κ3) is 2.74. The van der Waals surface area contributed by atoms with Crippen LogP contribution in [0, 0.1) is 5.92 Å². The molecule has 1 heterocycles. The van der Waals surface area contributed by atoms with Gasteiger partial charge in [0.15, 0.2) is 0 Å². The van der Waals surface area contributed by atoms with Gasteiger partial charge >= 0.3 is 5.97 Å². The molecule has 19 heavy (non-hydrogen) atoms. The van der Waals surface area contributed by atoms with Gasteiger partial charge in [0.05, 0.1) is 11.7 Å². The lowest BCUT2D eigenvalue weighted by atomic mass is 10.00. The highest BCUT2D eigenvalue weighted by atomic mass is 35.5. The van der Waals surface area contributed by atoms with Gasteiger partial charge in [0, 0.05) is 5.92 Å². The number of ether oxygens (including phenoxy) is 2. The molecule has 104 valence electrons. The van der Waals surface area contributed by atoms with Gasteiger partial charge in [-0.3, -0.25) is 0 Å². The van der Waals surface area contributed by atoms with E-state index in [4.69, 9.17) is 21.1 Å². The molecule has 1 aromatic rings. The van der Waals surface area contributed by atoms with Crippen molar-refractivity contribution in [1.82, 2.24) is 0 Å². The van der Waals surface area contributed by atoms with Gasteiger partial charge in [0.2, 0.25) is 5.13 Å². The van der Waals surface area contributed by atoms with E-state index in [1.807, 2.05) is 6.92 Å². The van der Waals surface area contributed by atoms with Gasteiger partial charge in [-0.15, -0.1) is 0 Å². The minimum atomic E-state index is -2.19. The van der Waals surface area contributed by atoms with Crippen molar-refractivity contribution < 1.29 is 18.7 Å². The summed E-state index contributed by atoms with van der Waals surface area (Å²) in [5.74, 6) is -1.18. The molecule has 0 saturated carbocycles. The Kier molecular flexibility index (Phi) is 4.11. The Morgan fingerprint density at radius 3 is 2.63 bits per heavy atom. The van der Waals surface area contributed by atoms with E-state index in [1.54, 1.807) is 37.3 Å². The summed E-state index contributed by atoms with van der Waals surface area (Å²) < 4.78 is 24.8. The Labute approximate surface area is 116 Å². The summed E-state index contributed by atoms with van der Waals surface area (Å²) in [6.45, 7) is 3.52. The van der Waals surface area contributed by atoms with Crippen LogP contribution in [0.1, 0.15) is 30.6 Å². The highest BCUT2D eigenvalue weighted by Crippen LogP contribution is 2.44. The maximum atomic E-state index is 14.3. The Morgan fingerprint density at radius 1 is 1.47 bits per heavy atom. The highest BCUT2D eigenvalue weighted by Gasteiger charge is 2.56. The van der Waals surface area contributed by atoms with E-state index in [-0.39, 0.29) is 6.10 Å². The molecule has 3 nitrogen and oxygen atoms in total. The lowest BCUT2D eigenvalue weighted by Crippen LogP contribution is -2.36. The summed E-state index contributed by atoms with van der Waals surface area (Å²) in [5, 5.41) is -2.19. The normalized spacial score (nSPS) is 34.2. The standard InChI is InChI=1S/C14H16ClFO3/c1-3-11-9(2)14(15,16)13(18-11)19-12(17)10-7-5-4-6-8-10/h4-9,11,13H,3H2,1-2H3. The Balaban J connectivity index is 2.09. The molecule has 4 atom stereocenters. The summed E-state index contributed by atoms with van der Waals surface area (Å²) >= 11 is 5.82. The van der Waals surface area contributed by atoms with Crippen molar-refractivity contribution in [3.63, 3.8) is 0 Å². The molecule has 0 N–H and O–H groups in total. The number of hydrogen-bond acceptors (Lipinski definition) is 3. The topological polar surface area (TPSA) is 35.5 Å². The van der Waals surface area contributed by atoms with Crippen LogP contribution in [0.4, 0.5) is 4.39 Å². The van der Waals surface area contributed by atoms with Crippen LogP contribution in [-0.2, 0) is 9.47 Å². The molecule has 2 rings (SSSR count). The van der Waals surface area contributed by atoms with Crippen LogP contribution in [0.25, 0.3) is 0 Å². The van der Waals surface area contributed by atoms with Gasteiger partial charge in [-0.2, -0.15) is 0 Å². The fourth-order valence-electron chi connectivity index (χ4n) is 2.13. The second-order valence-electron chi connectivity index (χ2n) is 4.65. The molecule has 0 aliphatic carbocycles. The van der Waals surface area contributed by atoms with Crippen molar-refractivity contribution in [2.45, 2.75) is 37.8 Å². The number of esters is 1. The summed E-state index contributed by atoms with van der Waals surface area (Å²) in [7, 11) is 0. The van der Waals surface area contributed by atoms with Crippen molar-refractivity contribution >= 4 is 17.6 Å². The zero-order valence-electron chi connectivity index (χ0n) is 10.8. The number of hydrogen-bond donors (Lipinski definition) is 0. The minimum absolute atomic E-state index is 0.339. The first kappa shape index (κ1) is 14.3. The number of benzene rings is 1. The maximum absolute atomic E-state index is 14.3. The van der Waals surface area contributed by atoms with E-state index in [9.17, 15) is 9.18 Å². The largest absolute Gasteiger partial charge is 0.427 e. The van der Waals surface area contributed by atoms with E-state index in [1.165, 1.54) is 0 Å². The Bertz CT molecular complexity index is 449. The summed E-state index contributed by atoms with van der Waals surface area (Å²) in [5.41, 5.74) is 0.339. The predicted octanol–water partition coefficient (Wildman–Crippen LogP) is 3.52. The fraction of sp³-hybridized carbons (Fsp3) is 0.500. The third-order valence-corrected chi connectivity index (χ3v) is 3.93. The molecule has 4 unspecified atom stereocenters. The Hall–Kier alpha value is -1.13. The molecule has 1 aliphatic heterocycles. The zero-order chi connectivity index (χ0) is 14.0. The van der Waals surface area contributed by atoms with Crippen molar-refractivity contribution in [2.24, 2.45) is 5.92 Å². The molecule has 0 bridgehead atoms. The van der Waals surface area contributed by atoms with Gasteiger partial charge in [0.1, 0.15) is 0 Å². The third-order valence-electron chi connectivity index (χ3n) is 3.40. The SMILES string of the molecule is CCC1OC(OC(=O)c2ccccc2)C(F)(Cl)C1C. The van der Waals surface area contributed by atoms with E-state index >= 15 is 0 Å². The number of alkyl halides is 2. The molecule has 1 aromatic carbocycles. The quantitative estimate of drug-likeness (QED) is 0.630. The second kappa shape index (κ2) is 5.47. The summed E-state index contributed by atoms with van der Waals surface area (Å²) in [4.78, 5) is 11.9. The molecule has 0 aromatic heterocycles. The van der Waals surface area contributed by atoms with E-state index in [0.717, 1.165) is 0 Å². The van der Waals surface area contributed by atoms with Gasteiger partial charge in [-0.25, -0.2) is 9.18 Å². The minimum Gasteiger partial charge on any atom is -0.427 e. The molecule has 0 spiro atoms. The first-order valence-corrected chi connectivity index (χ1v) is 6.64. The molecule has 5 heteroatoms. The van der Waals surface area contributed by atoms with E-state index < -0.39 is 23.3 Å². The molecular weight excluding hydrogens is 271 g/mol. The van der Waals surface area contributed by atoms with Crippen LogP contribution in [-0.4, -0.2) is 23.5 Å². The monoisotopic (exact) mass is 286 g/mol. The van der Waals surface area contributed by atoms with Crippen LogP contribution >= 0.6 is 11.6 Å². The van der Waals surface area contributed by atoms with Gasteiger partial charge < -0.3 is 9.47 Å². The van der Waals surface area contributed by atoms with Crippen LogP contribution in [0.2, 0.25) is 0 Å². The first-order valence-electron chi connectivity index (χ1n) is 6.26. The average Bonchev–Trinajstić information content (AvgIpc) is 2.63. The maximum Gasteiger partial charge on any atom is 0.340 e. The molecule has 0 radical (unpaired) electrons. The lowest BCUT2D eigenvalue weighted by Gasteiger charge is -2.21. The van der Waals surface area contributed by atoms with Crippen molar-refractivity contribution in [3.05, 3.63) is 35.9 Å². The predicted molar refractivity (Wildman–Crippen MR) is 69.7 cm³/mol. The smallest absolute Gasteiger partial charge is 0.340 e. The van der Waals surface area contributed by atoms with Gasteiger partial charge in [-0.1, -0.05) is 43.6 Å². The average molecular weight is 287 g/mol. The highest BCUT2D eigenvalue weighted by molar-refractivity contribution is 6.23. The van der Waals surface area contributed by atoms with E-state index in [2.05, 4.69) is 0 Å². The number of carbonyl (C=O) groups excluding carboxylic acids is 1. The summed E-state index contributed by atoms with van der Waals surface area (Å²) in [6, 6.07) is 8.36. The van der Waals surface area contributed by atoms with E-state index in [0.29, 0.717) is 12.0 Å². The molecule has 1 saturated heterocycles. The van der Waals surface area contributed by atoms with Crippen LogP contribution in [0.3, 0.4) is 0 Å². The second-order valence-corrected chi connectivity index (χ2v) is 5.23. The molecular formula is C14H16ClFO3. The number of halogens is 2. The van der Waals surface area contributed by atoms with Gasteiger partial charge in [0.25, 0.3) is 6.29 Å². The van der Waals surface area contributed by atoms with Crippen LogP contribution in [0.5, 0.6) is 0 Å². The molecule has 1 aliphatic rings. The number of carbonyl (C=O) groups is 1. The fourth-order valence-corrected chi connectivity index (χ4v) is 2.36. The van der Waals surface area contributed by atoms with Crippen LogP contribution < -0.4 is 0 Å². The van der Waals surface area contributed by atoms with Crippen LogP contribution in [0.15, 0.2) is 30.3 Å². The van der Waals surface area contributed by atoms with Crippen molar-refractivity contribution in [2.75, 3.05) is 0 Å². The zero-order valence-corrected chi connectivity index (χ0v) is 11.6. The lowest BCUT2D eigenvalue weighted by molar-refractivity contribution is -0.129. The summed E-state index contributed by atoms with van der Waals surface area (Å²) in [6.07, 6.45) is -1.11. The number of rotatable bonds is 3. The molecule has 1 fully saturated rings. The van der Waals surface area contributed by atoms with Crippen molar-refractivity contribution in [3.8, 4) is 0 Å². The Morgan fingerprint density at radius 2 is 2.11 bits per heavy atom. The first-order chi connectivity index (χ1) is 8.96. The molecule has 0 amide bonds. The van der Waals surface area contributed by atoms with Gasteiger partial charge in [-0.05, 0) is 18.6 Å². The van der Waals surface area contributed by atoms with Crippen molar-refractivity contribution in [1.29, 1.82) is 0 Å².